The summed E-state index contributed by atoms with van der Waals surface area (Å²) in [5, 5.41) is 4.05. The lowest BCUT2D eigenvalue weighted by molar-refractivity contribution is -0.113. The summed E-state index contributed by atoms with van der Waals surface area (Å²) in [6.07, 6.45) is 1.78. The molecule has 0 saturated carbocycles. The van der Waals surface area contributed by atoms with E-state index >= 15 is 0 Å². The van der Waals surface area contributed by atoms with Crippen molar-refractivity contribution in [2.45, 2.75) is 31.1 Å². The number of fused-ring (bicyclic) bond motifs is 1. The van der Waals surface area contributed by atoms with Crippen LogP contribution in [0.25, 0.3) is 10.9 Å². The Kier molecular flexibility index (Phi) is 5.09. The quantitative estimate of drug-likeness (QED) is 0.652. The average molecular weight is 350 g/mol. The van der Waals surface area contributed by atoms with E-state index in [4.69, 9.17) is 0 Å². The molecule has 0 aliphatic heterocycles. The largest absolute Gasteiger partial charge is 0.325 e. The highest BCUT2D eigenvalue weighted by Gasteiger charge is 2.13. The van der Waals surface area contributed by atoms with E-state index in [0.717, 1.165) is 21.5 Å². The molecule has 25 heavy (non-hydrogen) atoms. The van der Waals surface area contributed by atoms with Gasteiger partial charge in [-0.1, -0.05) is 51.1 Å². The van der Waals surface area contributed by atoms with Gasteiger partial charge in [-0.2, -0.15) is 0 Å². The van der Waals surface area contributed by atoms with Crippen LogP contribution in [0, 0.1) is 0 Å². The molecule has 0 radical (unpaired) electrons. The highest BCUT2D eigenvalue weighted by molar-refractivity contribution is 8.00. The Morgan fingerprint density at radius 1 is 1.04 bits per heavy atom. The number of nitrogens with one attached hydrogen (secondary N) is 1. The van der Waals surface area contributed by atoms with Gasteiger partial charge in [0.15, 0.2) is 0 Å². The van der Waals surface area contributed by atoms with Crippen LogP contribution in [0.2, 0.25) is 0 Å². The zero-order chi connectivity index (χ0) is 17.9. The Bertz CT molecular complexity index is 877. The van der Waals surface area contributed by atoms with E-state index in [1.807, 2.05) is 42.5 Å². The molecule has 0 fully saturated rings. The molecular weight excluding hydrogens is 328 g/mol. The predicted octanol–water partition coefficient (Wildman–Crippen LogP) is 5.26. The van der Waals surface area contributed by atoms with Crippen molar-refractivity contribution in [2.75, 3.05) is 11.1 Å². The summed E-state index contributed by atoms with van der Waals surface area (Å²) in [5.41, 5.74) is 3.13. The van der Waals surface area contributed by atoms with Crippen LogP contribution in [0.4, 0.5) is 5.69 Å². The lowest BCUT2D eigenvalue weighted by atomic mass is 9.87. The fourth-order valence-corrected chi connectivity index (χ4v) is 3.43. The van der Waals surface area contributed by atoms with Crippen molar-refractivity contribution in [3.05, 3.63) is 66.4 Å². The van der Waals surface area contributed by atoms with Crippen LogP contribution in [0.15, 0.2) is 65.7 Å². The van der Waals surface area contributed by atoms with Gasteiger partial charge in [0.05, 0.1) is 11.3 Å². The first kappa shape index (κ1) is 17.5. The number of hydrogen-bond donors (Lipinski definition) is 1. The van der Waals surface area contributed by atoms with E-state index in [2.05, 4.69) is 43.2 Å². The number of hydrogen-bond acceptors (Lipinski definition) is 3. The van der Waals surface area contributed by atoms with Gasteiger partial charge in [-0.3, -0.25) is 9.78 Å². The second kappa shape index (κ2) is 7.28. The molecular formula is C21H22N2OS. The van der Waals surface area contributed by atoms with Crippen molar-refractivity contribution in [1.29, 1.82) is 0 Å². The van der Waals surface area contributed by atoms with Gasteiger partial charge in [0, 0.05) is 22.2 Å². The van der Waals surface area contributed by atoms with Gasteiger partial charge < -0.3 is 5.32 Å². The van der Waals surface area contributed by atoms with Crippen molar-refractivity contribution in [2.24, 2.45) is 0 Å². The third-order valence-corrected chi connectivity index (χ3v) is 5.04. The number of amides is 1. The van der Waals surface area contributed by atoms with Crippen LogP contribution < -0.4 is 5.32 Å². The summed E-state index contributed by atoms with van der Waals surface area (Å²) < 4.78 is 0. The molecule has 1 N–H and O–H groups in total. The minimum absolute atomic E-state index is 0.0126. The first-order valence-electron chi connectivity index (χ1n) is 8.30. The highest BCUT2D eigenvalue weighted by Crippen LogP contribution is 2.27. The number of nitrogens with zero attached hydrogens (tertiary/aromatic N) is 1. The summed E-state index contributed by atoms with van der Waals surface area (Å²) in [5.74, 6) is 0.345. The maximum atomic E-state index is 12.3. The number of thioether (sulfide) groups is 1. The fourth-order valence-electron chi connectivity index (χ4n) is 2.59. The van der Waals surface area contributed by atoms with Gasteiger partial charge in [0.2, 0.25) is 5.91 Å². The number of rotatable bonds is 4. The van der Waals surface area contributed by atoms with Gasteiger partial charge in [-0.15, -0.1) is 11.8 Å². The van der Waals surface area contributed by atoms with Gasteiger partial charge in [0.25, 0.3) is 0 Å². The molecule has 0 atom stereocenters. The molecule has 3 aromatic rings. The Hall–Kier alpha value is -2.33. The SMILES string of the molecule is CC(C)(C)c1ccc(NC(=O)CSc2cccc3cccnc23)cc1. The van der Waals surface area contributed by atoms with Crippen molar-refractivity contribution in [3.8, 4) is 0 Å². The summed E-state index contributed by atoms with van der Waals surface area (Å²) in [6, 6.07) is 18.0. The number of carbonyl (C=O) groups is 1. The molecule has 0 unspecified atom stereocenters. The van der Waals surface area contributed by atoms with Crippen LogP contribution in [-0.4, -0.2) is 16.6 Å². The number of benzene rings is 2. The van der Waals surface area contributed by atoms with E-state index in [0.29, 0.717) is 5.75 Å². The number of anilines is 1. The lowest BCUT2D eigenvalue weighted by Gasteiger charge is -2.19. The monoisotopic (exact) mass is 350 g/mol. The third kappa shape index (κ3) is 4.40. The van der Waals surface area contributed by atoms with E-state index in [9.17, 15) is 4.79 Å². The Balaban J connectivity index is 1.63. The van der Waals surface area contributed by atoms with Gasteiger partial charge in [-0.05, 0) is 35.2 Å². The maximum absolute atomic E-state index is 12.3. The topological polar surface area (TPSA) is 42.0 Å². The van der Waals surface area contributed by atoms with E-state index in [1.54, 1.807) is 6.20 Å². The summed E-state index contributed by atoms with van der Waals surface area (Å²) in [6.45, 7) is 6.53. The van der Waals surface area contributed by atoms with Gasteiger partial charge >= 0.3 is 0 Å². The minimum atomic E-state index is -0.0126. The zero-order valence-electron chi connectivity index (χ0n) is 14.7. The third-order valence-electron chi connectivity index (χ3n) is 3.99. The van der Waals surface area contributed by atoms with Gasteiger partial charge in [-0.25, -0.2) is 0 Å². The second-order valence-corrected chi connectivity index (χ2v) is 8.01. The molecule has 0 saturated heterocycles. The number of aromatic nitrogens is 1. The van der Waals surface area contributed by atoms with Gasteiger partial charge in [0.1, 0.15) is 0 Å². The molecule has 0 spiro atoms. The molecule has 2 aromatic carbocycles. The van der Waals surface area contributed by atoms with E-state index in [-0.39, 0.29) is 11.3 Å². The maximum Gasteiger partial charge on any atom is 0.234 e. The minimum Gasteiger partial charge on any atom is -0.325 e. The number of carbonyl (C=O) groups excluding carboxylic acids is 1. The molecule has 4 heteroatoms. The van der Waals surface area contributed by atoms with Crippen molar-refractivity contribution < 1.29 is 4.79 Å². The van der Waals surface area contributed by atoms with E-state index in [1.165, 1.54) is 17.3 Å². The lowest BCUT2D eigenvalue weighted by Crippen LogP contribution is -2.15. The first-order valence-corrected chi connectivity index (χ1v) is 9.29. The molecule has 0 bridgehead atoms. The van der Waals surface area contributed by atoms with Crippen LogP contribution in [0.1, 0.15) is 26.3 Å². The first-order chi connectivity index (χ1) is 11.9. The van der Waals surface area contributed by atoms with Crippen LogP contribution in [0.5, 0.6) is 0 Å². The van der Waals surface area contributed by atoms with Crippen molar-refractivity contribution in [3.63, 3.8) is 0 Å². The summed E-state index contributed by atoms with van der Waals surface area (Å²) >= 11 is 1.51. The Labute approximate surface area is 152 Å². The normalized spacial score (nSPS) is 11.5. The van der Waals surface area contributed by atoms with Crippen molar-refractivity contribution >= 4 is 34.3 Å². The fraction of sp³-hybridized carbons (Fsp3) is 0.238. The smallest absolute Gasteiger partial charge is 0.234 e. The molecule has 3 rings (SSSR count). The standard InChI is InChI=1S/C21H22N2OS/c1-21(2,3)16-9-11-17(12-10-16)23-19(24)14-25-18-8-4-6-15-7-5-13-22-20(15)18/h4-13H,14H2,1-3H3,(H,23,24). The summed E-state index contributed by atoms with van der Waals surface area (Å²) in [4.78, 5) is 17.7. The summed E-state index contributed by atoms with van der Waals surface area (Å²) in [7, 11) is 0. The highest BCUT2D eigenvalue weighted by atomic mass is 32.2. The number of pyridine rings is 1. The van der Waals surface area contributed by atoms with Crippen LogP contribution >= 0.6 is 11.8 Å². The molecule has 3 nitrogen and oxygen atoms in total. The molecule has 128 valence electrons. The molecule has 0 aliphatic rings. The molecule has 1 heterocycles. The Morgan fingerprint density at radius 3 is 2.48 bits per heavy atom. The second-order valence-electron chi connectivity index (χ2n) is 7.00. The van der Waals surface area contributed by atoms with Crippen LogP contribution in [0.3, 0.4) is 0 Å². The molecule has 1 aromatic heterocycles. The van der Waals surface area contributed by atoms with E-state index < -0.39 is 0 Å². The average Bonchev–Trinajstić information content (AvgIpc) is 2.59. The zero-order valence-corrected chi connectivity index (χ0v) is 15.6. The van der Waals surface area contributed by atoms with Crippen molar-refractivity contribution in [1.82, 2.24) is 4.98 Å². The van der Waals surface area contributed by atoms with Crippen LogP contribution in [-0.2, 0) is 10.2 Å². The predicted molar refractivity (Wildman–Crippen MR) is 106 cm³/mol. The molecule has 1 amide bonds. The Morgan fingerprint density at radius 2 is 1.76 bits per heavy atom. The number of para-hydroxylation sites is 1. The molecule has 0 aliphatic carbocycles.